The average Bonchev–Trinajstić information content (AvgIpc) is 1.95. The molecule has 0 saturated heterocycles. The molecule has 1 saturated carbocycles. The van der Waals surface area contributed by atoms with Gasteiger partial charge in [0.2, 0.25) is 0 Å². The molecule has 0 heterocycles. The molecule has 2 atom stereocenters. The first kappa shape index (κ1) is 8.62. The van der Waals surface area contributed by atoms with Crippen LogP contribution < -0.4 is 0 Å². The summed E-state index contributed by atoms with van der Waals surface area (Å²) in [4.78, 5) is 10.7. The fourth-order valence-electron chi connectivity index (χ4n) is 1.49. The molecule has 0 spiro atoms. The second-order valence-electron chi connectivity index (χ2n) is 3.13. The number of halogens is 2. The van der Waals surface area contributed by atoms with Crippen LogP contribution in [0.4, 0.5) is 8.78 Å². The first-order valence-electron chi connectivity index (χ1n) is 3.91. The summed E-state index contributed by atoms with van der Waals surface area (Å²) < 4.78 is 26.3. The number of hydrogen-bond donors (Lipinski definition) is 0. The lowest BCUT2D eigenvalue weighted by Gasteiger charge is -2.30. The van der Waals surface area contributed by atoms with Crippen LogP contribution in [0.3, 0.4) is 0 Å². The molecule has 1 aliphatic carbocycles. The number of rotatable bonds is 1. The Hall–Kier alpha value is -0.470. The van der Waals surface area contributed by atoms with Gasteiger partial charge in [0, 0.05) is 0 Å². The number of alkyl halides is 2. The zero-order valence-corrected chi connectivity index (χ0v) is 6.57. The molecule has 64 valence electrons. The molecule has 0 aromatic carbocycles. The van der Waals surface area contributed by atoms with Gasteiger partial charge in [-0.3, -0.25) is 4.79 Å². The maximum Gasteiger partial charge on any atom is 0.199 e. The molecule has 2 unspecified atom stereocenters. The van der Waals surface area contributed by atoms with Crippen LogP contribution in [0.5, 0.6) is 0 Å². The van der Waals surface area contributed by atoms with Crippen molar-refractivity contribution >= 4 is 5.78 Å². The normalized spacial score (nSPS) is 38.6. The molecule has 0 N–H and O–H groups in total. The number of carbonyl (C=O) groups excluding carboxylic acids is 1. The third-order valence-electron chi connectivity index (χ3n) is 2.33. The topological polar surface area (TPSA) is 17.1 Å². The molecule has 1 fully saturated rings. The summed E-state index contributed by atoms with van der Waals surface area (Å²) >= 11 is 0. The Labute approximate surface area is 64.8 Å². The zero-order chi connectivity index (χ0) is 8.48. The van der Waals surface area contributed by atoms with Gasteiger partial charge < -0.3 is 0 Å². The summed E-state index contributed by atoms with van der Waals surface area (Å²) in [5.74, 6) is -0.662. The third-order valence-corrected chi connectivity index (χ3v) is 2.33. The van der Waals surface area contributed by atoms with E-state index in [1.807, 2.05) is 0 Å². The summed E-state index contributed by atoms with van der Waals surface area (Å²) in [7, 11) is 0. The fraction of sp³-hybridized carbons (Fsp3) is 0.875. The highest BCUT2D eigenvalue weighted by Gasteiger charge is 2.45. The lowest BCUT2D eigenvalue weighted by molar-refractivity contribution is -0.135. The van der Waals surface area contributed by atoms with Gasteiger partial charge in [-0.2, -0.15) is 0 Å². The van der Waals surface area contributed by atoms with Crippen LogP contribution in [0.2, 0.25) is 0 Å². The van der Waals surface area contributed by atoms with Gasteiger partial charge in [0.1, 0.15) is 6.17 Å². The first-order chi connectivity index (χ1) is 5.07. The van der Waals surface area contributed by atoms with Crippen molar-refractivity contribution in [2.75, 3.05) is 0 Å². The van der Waals surface area contributed by atoms with E-state index in [2.05, 4.69) is 0 Å². The van der Waals surface area contributed by atoms with E-state index in [-0.39, 0.29) is 12.8 Å². The van der Waals surface area contributed by atoms with Crippen molar-refractivity contribution in [2.45, 2.75) is 44.4 Å². The predicted octanol–water partition coefficient (Wildman–Crippen LogP) is 2.20. The lowest BCUT2D eigenvalue weighted by Crippen LogP contribution is -2.44. The van der Waals surface area contributed by atoms with E-state index in [1.165, 1.54) is 0 Å². The van der Waals surface area contributed by atoms with Crippen LogP contribution in [0.1, 0.15) is 32.6 Å². The number of Topliss-reactive ketones (excluding diaryl/α,β-unsaturated/α-hetero) is 1. The maximum absolute atomic E-state index is 13.4. The molecule has 3 heteroatoms. The van der Waals surface area contributed by atoms with Gasteiger partial charge in [0.25, 0.3) is 0 Å². The number of ketones is 1. The predicted molar refractivity (Wildman–Crippen MR) is 37.9 cm³/mol. The minimum Gasteiger partial charge on any atom is -0.296 e. The Bertz CT molecular complexity index is 169. The molecule has 1 aliphatic rings. The first-order valence-corrected chi connectivity index (χ1v) is 3.91. The van der Waals surface area contributed by atoms with E-state index in [0.29, 0.717) is 12.8 Å². The second kappa shape index (κ2) is 2.88. The van der Waals surface area contributed by atoms with Crippen molar-refractivity contribution in [2.24, 2.45) is 0 Å². The van der Waals surface area contributed by atoms with Gasteiger partial charge in [-0.25, -0.2) is 8.78 Å². The summed E-state index contributed by atoms with van der Waals surface area (Å²) in [6.07, 6.45) is -0.00956. The van der Waals surface area contributed by atoms with Crippen LogP contribution in [0.15, 0.2) is 0 Å². The Morgan fingerprint density at radius 1 is 1.55 bits per heavy atom. The van der Waals surface area contributed by atoms with Crippen LogP contribution in [0.25, 0.3) is 0 Å². The second-order valence-corrected chi connectivity index (χ2v) is 3.13. The van der Waals surface area contributed by atoms with Crippen LogP contribution in [-0.4, -0.2) is 17.6 Å². The van der Waals surface area contributed by atoms with Crippen molar-refractivity contribution in [3.63, 3.8) is 0 Å². The smallest absolute Gasteiger partial charge is 0.199 e. The minimum atomic E-state index is -2.17. The largest absolute Gasteiger partial charge is 0.296 e. The molecule has 0 aliphatic heterocycles. The van der Waals surface area contributed by atoms with Crippen molar-refractivity contribution in [1.29, 1.82) is 0 Å². The van der Waals surface area contributed by atoms with E-state index in [1.54, 1.807) is 0 Å². The van der Waals surface area contributed by atoms with E-state index in [9.17, 15) is 13.6 Å². The molecule has 0 bridgehead atoms. The summed E-state index contributed by atoms with van der Waals surface area (Å²) in [6.45, 7) is 1.12. The fourth-order valence-corrected chi connectivity index (χ4v) is 1.49. The number of hydrogen-bond acceptors (Lipinski definition) is 1. The van der Waals surface area contributed by atoms with Crippen LogP contribution in [0, 0.1) is 0 Å². The van der Waals surface area contributed by atoms with Crippen molar-refractivity contribution < 1.29 is 13.6 Å². The van der Waals surface area contributed by atoms with Crippen molar-refractivity contribution in [3.05, 3.63) is 0 Å². The Kier molecular flexibility index (Phi) is 2.25. The average molecular weight is 162 g/mol. The Balaban J connectivity index is 2.72. The minimum absolute atomic E-state index is 0.0590. The molecule has 0 aromatic rings. The summed E-state index contributed by atoms with van der Waals surface area (Å²) in [5, 5.41) is 0. The maximum atomic E-state index is 13.4. The number of carbonyl (C=O) groups is 1. The van der Waals surface area contributed by atoms with Crippen LogP contribution in [-0.2, 0) is 4.79 Å². The highest BCUT2D eigenvalue weighted by molar-refractivity contribution is 5.85. The zero-order valence-electron chi connectivity index (χ0n) is 6.57. The van der Waals surface area contributed by atoms with E-state index in [0.717, 1.165) is 6.92 Å². The monoisotopic (exact) mass is 162 g/mol. The molecule has 11 heavy (non-hydrogen) atoms. The Morgan fingerprint density at radius 3 is 2.55 bits per heavy atom. The van der Waals surface area contributed by atoms with Crippen LogP contribution >= 0.6 is 0 Å². The van der Waals surface area contributed by atoms with E-state index in [4.69, 9.17) is 0 Å². The summed E-state index contributed by atoms with van der Waals surface area (Å²) in [6, 6.07) is 0. The lowest BCUT2D eigenvalue weighted by atomic mass is 9.82. The Morgan fingerprint density at radius 2 is 2.18 bits per heavy atom. The molecule has 1 rings (SSSR count). The van der Waals surface area contributed by atoms with Gasteiger partial charge in [-0.1, -0.05) is 6.42 Å². The van der Waals surface area contributed by atoms with Crippen molar-refractivity contribution in [3.8, 4) is 0 Å². The van der Waals surface area contributed by atoms with Gasteiger partial charge >= 0.3 is 0 Å². The van der Waals surface area contributed by atoms with Gasteiger partial charge in [-0.05, 0) is 26.2 Å². The molecule has 1 nitrogen and oxygen atoms in total. The van der Waals surface area contributed by atoms with Gasteiger partial charge in [-0.15, -0.1) is 0 Å². The highest BCUT2D eigenvalue weighted by atomic mass is 19.2. The summed E-state index contributed by atoms with van der Waals surface area (Å²) in [5.41, 5.74) is -2.17. The third kappa shape index (κ3) is 1.42. The SMILES string of the molecule is CC(=O)C1(F)CCCCC1F. The molecule has 0 aromatic heterocycles. The highest BCUT2D eigenvalue weighted by Crippen LogP contribution is 2.34. The van der Waals surface area contributed by atoms with E-state index < -0.39 is 17.6 Å². The molecular weight excluding hydrogens is 150 g/mol. The van der Waals surface area contributed by atoms with E-state index >= 15 is 0 Å². The van der Waals surface area contributed by atoms with Crippen molar-refractivity contribution in [1.82, 2.24) is 0 Å². The molecule has 0 amide bonds. The molecule has 0 radical (unpaired) electrons. The van der Waals surface area contributed by atoms with Gasteiger partial charge in [0.15, 0.2) is 11.5 Å². The standard InChI is InChI=1S/C8H12F2O/c1-6(11)8(10)5-3-2-4-7(8)9/h7H,2-5H2,1H3. The molecular formula is C8H12F2O. The van der Waals surface area contributed by atoms with Gasteiger partial charge in [0.05, 0.1) is 0 Å². The quantitative estimate of drug-likeness (QED) is 0.577.